The first kappa shape index (κ1) is 15.3. The van der Waals surface area contributed by atoms with Gasteiger partial charge >= 0.3 is 0 Å². The van der Waals surface area contributed by atoms with Crippen LogP contribution >= 0.6 is 0 Å². The molecule has 1 aromatic carbocycles. The zero-order valence-corrected chi connectivity index (χ0v) is 12.5. The van der Waals surface area contributed by atoms with E-state index in [1.807, 2.05) is 25.1 Å². The zero-order chi connectivity index (χ0) is 15.1. The van der Waals surface area contributed by atoms with Crippen LogP contribution in [0.15, 0.2) is 22.7 Å². The summed E-state index contributed by atoms with van der Waals surface area (Å²) in [6.45, 7) is 5.26. The lowest BCUT2D eigenvalue weighted by atomic mass is 10.2. The fraction of sp³-hybridized carbons (Fsp3) is 0.467. The second-order valence-electron chi connectivity index (χ2n) is 4.56. The molecule has 0 saturated carbocycles. The van der Waals surface area contributed by atoms with Crippen LogP contribution in [0.25, 0.3) is 0 Å². The van der Waals surface area contributed by atoms with Gasteiger partial charge in [0.2, 0.25) is 11.7 Å². The molecule has 0 bridgehead atoms. The Morgan fingerprint density at radius 3 is 2.76 bits per heavy atom. The summed E-state index contributed by atoms with van der Waals surface area (Å²) in [6.07, 6.45) is 1.75. The molecule has 1 aromatic heterocycles. The van der Waals surface area contributed by atoms with Crippen LogP contribution in [0.5, 0.6) is 11.5 Å². The van der Waals surface area contributed by atoms with Crippen molar-refractivity contribution in [3.63, 3.8) is 0 Å². The van der Waals surface area contributed by atoms with Gasteiger partial charge in [0.15, 0.2) is 18.1 Å². The van der Waals surface area contributed by atoms with E-state index in [1.165, 1.54) is 0 Å². The van der Waals surface area contributed by atoms with Crippen molar-refractivity contribution in [2.45, 2.75) is 39.8 Å². The van der Waals surface area contributed by atoms with Crippen molar-refractivity contribution in [2.75, 3.05) is 6.61 Å². The van der Waals surface area contributed by atoms with Crippen molar-refractivity contribution in [2.24, 2.45) is 5.73 Å². The van der Waals surface area contributed by atoms with Crippen molar-refractivity contribution < 1.29 is 14.0 Å². The molecule has 21 heavy (non-hydrogen) atoms. The predicted octanol–water partition coefficient (Wildman–Crippen LogP) is 2.46. The van der Waals surface area contributed by atoms with E-state index in [2.05, 4.69) is 17.1 Å². The maximum Gasteiger partial charge on any atom is 0.226 e. The van der Waals surface area contributed by atoms with Crippen LogP contribution in [0.1, 0.15) is 37.5 Å². The number of rotatable bonds is 8. The fourth-order valence-electron chi connectivity index (χ4n) is 1.87. The van der Waals surface area contributed by atoms with E-state index in [0.29, 0.717) is 36.4 Å². The van der Waals surface area contributed by atoms with Crippen LogP contribution in [0.3, 0.4) is 0 Å². The number of nitrogens with zero attached hydrogens (tertiary/aromatic N) is 2. The Morgan fingerprint density at radius 2 is 2.05 bits per heavy atom. The van der Waals surface area contributed by atoms with Crippen LogP contribution in [0.4, 0.5) is 0 Å². The van der Waals surface area contributed by atoms with Gasteiger partial charge in [-0.2, -0.15) is 4.98 Å². The minimum Gasteiger partial charge on any atom is -0.490 e. The third-order valence-electron chi connectivity index (χ3n) is 2.87. The molecular weight excluding hydrogens is 270 g/mol. The third-order valence-corrected chi connectivity index (χ3v) is 2.87. The van der Waals surface area contributed by atoms with Gasteiger partial charge in [-0.3, -0.25) is 0 Å². The molecule has 0 atom stereocenters. The first-order valence-electron chi connectivity index (χ1n) is 7.16. The molecule has 1 heterocycles. The summed E-state index contributed by atoms with van der Waals surface area (Å²) >= 11 is 0. The van der Waals surface area contributed by atoms with Gasteiger partial charge in [0.05, 0.1) is 6.61 Å². The summed E-state index contributed by atoms with van der Waals surface area (Å²) in [5.74, 6) is 2.50. The van der Waals surface area contributed by atoms with Gasteiger partial charge in [-0.25, -0.2) is 0 Å². The number of ether oxygens (including phenoxy) is 2. The highest BCUT2D eigenvalue weighted by atomic mass is 16.5. The molecule has 0 spiro atoms. The molecule has 0 aliphatic carbocycles. The van der Waals surface area contributed by atoms with Gasteiger partial charge in [0.25, 0.3) is 0 Å². The van der Waals surface area contributed by atoms with E-state index in [-0.39, 0.29) is 6.61 Å². The highest BCUT2D eigenvalue weighted by Crippen LogP contribution is 2.29. The highest BCUT2D eigenvalue weighted by Gasteiger charge is 2.10. The molecule has 0 fully saturated rings. The number of benzene rings is 1. The number of nitrogens with two attached hydrogens (primary N) is 1. The van der Waals surface area contributed by atoms with E-state index in [0.717, 1.165) is 18.4 Å². The molecule has 0 saturated heterocycles. The van der Waals surface area contributed by atoms with Gasteiger partial charge in [0, 0.05) is 13.0 Å². The summed E-state index contributed by atoms with van der Waals surface area (Å²) in [5, 5.41) is 3.89. The minimum absolute atomic E-state index is 0.245. The molecule has 0 aliphatic heterocycles. The van der Waals surface area contributed by atoms with Gasteiger partial charge in [-0.1, -0.05) is 18.1 Å². The Kier molecular flexibility index (Phi) is 5.57. The minimum atomic E-state index is 0.245. The monoisotopic (exact) mass is 291 g/mol. The number of hydrogen-bond acceptors (Lipinski definition) is 6. The largest absolute Gasteiger partial charge is 0.490 e. The maximum atomic E-state index is 5.72. The molecule has 0 aliphatic rings. The van der Waals surface area contributed by atoms with E-state index >= 15 is 0 Å². The number of aryl methyl sites for hydroxylation is 1. The molecular formula is C15H21N3O3. The molecule has 6 nitrogen and oxygen atoms in total. The van der Waals surface area contributed by atoms with Crippen molar-refractivity contribution in [3.05, 3.63) is 35.5 Å². The Hall–Kier alpha value is -2.08. The first-order chi connectivity index (χ1) is 10.3. The van der Waals surface area contributed by atoms with Crippen LogP contribution < -0.4 is 15.2 Å². The third kappa shape index (κ3) is 4.19. The average molecular weight is 291 g/mol. The quantitative estimate of drug-likeness (QED) is 0.804. The lowest BCUT2D eigenvalue weighted by Gasteiger charge is -2.11. The van der Waals surface area contributed by atoms with Crippen LogP contribution in [0.2, 0.25) is 0 Å². The molecule has 2 N–H and O–H groups in total. The van der Waals surface area contributed by atoms with Crippen LogP contribution in [-0.2, 0) is 19.6 Å². The maximum absolute atomic E-state index is 5.72. The summed E-state index contributed by atoms with van der Waals surface area (Å²) in [4.78, 5) is 4.26. The van der Waals surface area contributed by atoms with Gasteiger partial charge < -0.3 is 19.7 Å². The zero-order valence-electron chi connectivity index (χ0n) is 12.5. The first-order valence-corrected chi connectivity index (χ1v) is 7.16. The lowest BCUT2D eigenvalue weighted by molar-refractivity contribution is 0.258. The van der Waals surface area contributed by atoms with E-state index in [1.54, 1.807) is 0 Å². The molecule has 2 aromatic rings. The summed E-state index contributed by atoms with van der Waals surface area (Å²) in [7, 11) is 0. The average Bonchev–Trinajstić information content (AvgIpc) is 2.94. The van der Waals surface area contributed by atoms with Gasteiger partial charge in [-0.05, 0) is 31.0 Å². The molecule has 0 amide bonds. The summed E-state index contributed by atoms with van der Waals surface area (Å²) in [5.41, 5.74) is 6.63. The van der Waals surface area contributed by atoms with Crippen molar-refractivity contribution >= 4 is 0 Å². The Balaban J connectivity index is 2.04. The predicted molar refractivity (Wildman–Crippen MR) is 78.1 cm³/mol. The summed E-state index contributed by atoms with van der Waals surface area (Å²) in [6, 6.07) is 5.65. The van der Waals surface area contributed by atoms with Crippen molar-refractivity contribution in [3.8, 4) is 11.5 Å². The van der Waals surface area contributed by atoms with Crippen molar-refractivity contribution in [1.82, 2.24) is 10.1 Å². The van der Waals surface area contributed by atoms with Gasteiger partial charge in [-0.15, -0.1) is 0 Å². The summed E-state index contributed by atoms with van der Waals surface area (Å²) < 4.78 is 16.4. The fourth-order valence-corrected chi connectivity index (χ4v) is 1.87. The normalized spacial score (nSPS) is 10.6. The molecule has 0 unspecified atom stereocenters. The van der Waals surface area contributed by atoms with E-state index in [9.17, 15) is 0 Å². The second-order valence-corrected chi connectivity index (χ2v) is 4.56. The molecule has 6 heteroatoms. The molecule has 0 radical (unpaired) electrons. The highest BCUT2D eigenvalue weighted by molar-refractivity contribution is 5.43. The molecule has 114 valence electrons. The van der Waals surface area contributed by atoms with E-state index < -0.39 is 0 Å². The van der Waals surface area contributed by atoms with E-state index in [4.69, 9.17) is 19.7 Å². The molecule has 2 rings (SSSR count). The Labute approximate surface area is 124 Å². The SMILES string of the molecule is CCCc1nc(COc2ccc(CN)cc2OCC)no1. The topological polar surface area (TPSA) is 83.4 Å². The van der Waals surface area contributed by atoms with Crippen molar-refractivity contribution in [1.29, 1.82) is 0 Å². The standard InChI is InChI=1S/C15H21N3O3/c1-3-5-15-17-14(18-21-15)10-20-12-7-6-11(9-16)8-13(12)19-4-2/h6-8H,3-5,9-10,16H2,1-2H3. The smallest absolute Gasteiger partial charge is 0.226 e. The number of hydrogen-bond donors (Lipinski definition) is 1. The van der Waals surface area contributed by atoms with Gasteiger partial charge in [0.1, 0.15) is 0 Å². The number of aromatic nitrogens is 2. The lowest BCUT2D eigenvalue weighted by Crippen LogP contribution is -2.03. The Bertz CT molecular complexity index is 569. The Morgan fingerprint density at radius 1 is 1.19 bits per heavy atom. The van der Waals surface area contributed by atoms with Crippen LogP contribution in [0, 0.1) is 0 Å². The second kappa shape index (κ2) is 7.64. The van der Waals surface area contributed by atoms with Crippen LogP contribution in [-0.4, -0.2) is 16.7 Å².